The van der Waals surface area contributed by atoms with Gasteiger partial charge in [-0.1, -0.05) is 19.8 Å². The van der Waals surface area contributed by atoms with Crippen LogP contribution in [-0.4, -0.2) is 11.8 Å². The highest BCUT2D eigenvalue weighted by molar-refractivity contribution is 5.66. The van der Waals surface area contributed by atoms with Crippen LogP contribution in [0.2, 0.25) is 0 Å². The molecule has 1 fully saturated rings. The number of hydrogen-bond acceptors (Lipinski definition) is 1. The predicted octanol–water partition coefficient (Wildman–Crippen LogP) is 3.44. The van der Waals surface area contributed by atoms with Crippen molar-refractivity contribution < 1.29 is 0 Å². The van der Waals surface area contributed by atoms with Crippen molar-refractivity contribution in [1.29, 1.82) is 0 Å². The molecule has 1 nitrogen and oxygen atoms in total. The van der Waals surface area contributed by atoms with Crippen LogP contribution in [-0.2, 0) is 0 Å². The fourth-order valence-corrected chi connectivity index (χ4v) is 1.66. The van der Waals surface area contributed by atoms with Crippen molar-refractivity contribution in [3.8, 4) is 0 Å². The zero-order chi connectivity index (χ0) is 9.24. The molecule has 0 bridgehead atoms. The molecular formula is C11H21N. The maximum Gasteiger partial charge on any atom is 0.0520 e. The van der Waals surface area contributed by atoms with Gasteiger partial charge in [-0.3, -0.25) is 4.99 Å². The lowest BCUT2D eigenvalue weighted by Gasteiger charge is -2.20. The zero-order valence-corrected chi connectivity index (χ0v) is 8.85. The molecule has 0 atom stereocenters. The van der Waals surface area contributed by atoms with Gasteiger partial charge in [-0.05, 0) is 33.6 Å². The highest BCUT2D eigenvalue weighted by Gasteiger charge is 2.26. The molecule has 1 saturated carbocycles. The molecule has 0 N–H and O–H groups in total. The highest BCUT2D eigenvalue weighted by atomic mass is 14.8. The molecule has 70 valence electrons. The van der Waals surface area contributed by atoms with Gasteiger partial charge in [-0.25, -0.2) is 0 Å². The van der Waals surface area contributed by atoms with Crippen LogP contribution in [0.3, 0.4) is 0 Å². The summed E-state index contributed by atoms with van der Waals surface area (Å²) in [5, 5.41) is 0. The molecule has 1 heteroatoms. The third-order valence-electron chi connectivity index (χ3n) is 2.51. The predicted molar refractivity (Wildman–Crippen MR) is 54.8 cm³/mol. The van der Waals surface area contributed by atoms with E-state index in [9.17, 15) is 0 Å². The summed E-state index contributed by atoms with van der Waals surface area (Å²) in [6.07, 6.45) is 7.61. The Morgan fingerprint density at radius 2 is 1.67 bits per heavy atom. The van der Waals surface area contributed by atoms with Crippen molar-refractivity contribution in [2.24, 2.45) is 10.4 Å². The first-order valence-corrected chi connectivity index (χ1v) is 4.98. The third-order valence-corrected chi connectivity index (χ3v) is 2.51. The van der Waals surface area contributed by atoms with Crippen molar-refractivity contribution in [2.75, 3.05) is 0 Å². The van der Waals surface area contributed by atoms with Gasteiger partial charge in [-0.15, -0.1) is 0 Å². The van der Waals surface area contributed by atoms with E-state index >= 15 is 0 Å². The molecule has 0 aliphatic heterocycles. The van der Waals surface area contributed by atoms with Crippen LogP contribution in [0.4, 0.5) is 0 Å². The van der Waals surface area contributed by atoms with Gasteiger partial charge in [-0.2, -0.15) is 0 Å². The van der Waals surface area contributed by atoms with Crippen molar-refractivity contribution in [2.45, 2.75) is 58.9 Å². The highest BCUT2D eigenvalue weighted by Crippen LogP contribution is 2.36. The average molecular weight is 167 g/mol. The van der Waals surface area contributed by atoms with Gasteiger partial charge < -0.3 is 0 Å². The van der Waals surface area contributed by atoms with Crippen molar-refractivity contribution in [1.82, 2.24) is 0 Å². The maximum atomic E-state index is 4.59. The minimum absolute atomic E-state index is 0.103. The van der Waals surface area contributed by atoms with Crippen LogP contribution < -0.4 is 0 Å². The Morgan fingerprint density at radius 3 is 2.08 bits per heavy atom. The molecule has 0 aromatic rings. The number of aliphatic imine (C=N–C) groups is 1. The molecule has 0 spiro atoms. The monoisotopic (exact) mass is 167 g/mol. The number of hydrogen-bond donors (Lipinski definition) is 0. The van der Waals surface area contributed by atoms with Crippen molar-refractivity contribution in [3.05, 3.63) is 0 Å². The number of nitrogens with zero attached hydrogens (tertiary/aromatic N) is 1. The summed E-state index contributed by atoms with van der Waals surface area (Å²) in [6.45, 7) is 8.79. The molecule has 0 radical (unpaired) electrons. The second kappa shape index (κ2) is 3.20. The zero-order valence-electron chi connectivity index (χ0n) is 8.85. The summed E-state index contributed by atoms with van der Waals surface area (Å²) >= 11 is 0. The molecule has 1 aliphatic rings. The van der Waals surface area contributed by atoms with Gasteiger partial charge in [0, 0.05) is 11.6 Å². The van der Waals surface area contributed by atoms with Crippen LogP contribution in [0.25, 0.3) is 0 Å². The van der Waals surface area contributed by atoms with E-state index in [4.69, 9.17) is 0 Å². The minimum atomic E-state index is 0.103. The Kier molecular flexibility index (Phi) is 2.60. The number of rotatable bonds is 1. The van der Waals surface area contributed by atoms with E-state index in [1.807, 2.05) is 0 Å². The molecule has 0 heterocycles. The molecule has 0 unspecified atom stereocenters. The van der Waals surface area contributed by atoms with E-state index in [2.05, 4.69) is 38.9 Å². The van der Waals surface area contributed by atoms with Gasteiger partial charge in [0.25, 0.3) is 0 Å². The van der Waals surface area contributed by atoms with E-state index in [1.54, 1.807) is 0 Å². The van der Waals surface area contributed by atoms with E-state index in [0.29, 0.717) is 5.41 Å². The summed E-state index contributed by atoms with van der Waals surface area (Å²) in [7, 11) is 0. The van der Waals surface area contributed by atoms with Crippen LogP contribution in [0.5, 0.6) is 0 Å². The van der Waals surface area contributed by atoms with Gasteiger partial charge in [0.15, 0.2) is 0 Å². The van der Waals surface area contributed by atoms with Crippen LogP contribution in [0.1, 0.15) is 53.4 Å². The Balaban J connectivity index is 2.54. The van der Waals surface area contributed by atoms with Crippen molar-refractivity contribution >= 4 is 6.21 Å². The molecule has 0 saturated heterocycles. The standard InChI is InChI=1S/C11H21N/c1-10(2,3)12-9-11(4)7-5-6-8-11/h9H,5-8H2,1-4H3. The molecule has 0 aromatic carbocycles. The molecule has 12 heavy (non-hydrogen) atoms. The third kappa shape index (κ3) is 2.96. The molecule has 1 rings (SSSR count). The van der Waals surface area contributed by atoms with E-state index < -0.39 is 0 Å². The Hall–Kier alpha value is -0.330. The summed E-state index contributed by atoms with van der Waals surface area (Å²) in [4.78, 5) is 4.59. The second-order valence-corrected chi connectivity index (χ2v) is 5.29. The molecule has 0 amide bonds. The van der Waals surface area contributed by atoms with E-state index in [0.717, 1.165) is 0 Å². The van der Waals surface area contributed by atoms with Gasteiger partial charge in [0.1, 0.15) is 0 Å². The summed E-state index contributed by atoms with van der Waals surface area (Å²) in [6, 6.07) is 0. The molecule has 0 aromatic heterocycles. The van der Waals surface area contributed by atoms with Crippen LogP contribution in [0.15, 0.2) is 4.99 Å². The Labute approximate surface area is 76.3 Å². The fourth-order valence-electron chi connectivity index (χ4n) is 1.66. The Morgan fingerprint density at radius 1 is 1.17 bits per heavy atom. The summed E-state index contributed by atoms with van der Waals surface area (Å²) in [5.74, 6) is 0. The lowest BCUT2D eigenvalue weighted by molar-refractivity contribution is 0.485. The van der Waals surface area contributed by atoms with E-state index in [1.165, 1.54) is 25.7 Å². The Bertz CT molecular complexity index is 168. The largest absolute Gasteiger partial charge is 0.291 e. The van der Waals surface area contributed by atoms with Crippen LogP contribution in [0, 0.1) is 5.41 Å². The quantitative estimate of drug-likeness (QED) is 0.530. The molecular weight excluding hydrogens is 146 g/mol. The smallest absolute Gasteiger partial charge is 0.0520 e. The lowest BCUT2D eigenvalue weighted by Crippen LogP contribution is -2.17. The second-order valence-electron chi connectivity index (χ2n) is 5.29. The average Bonchev–Trinajstić information content (AvgIpc) is 2.32. The van der Waals surface area contributed by atoms with Crippen molar-refractivity contribution in [3.63, 3.8) is 0 Å². The summed E-state index contributed by atoms with van der Waals surface area (Å²) < 4.78 is 0. The minimum Gasteiger partial charge on any atom is -0.291 e. The van der Waals surface area contributed by atoms with Gasteiger partial charge >= 0.3 is 0 Å². The first-order valence-electron chi connectivity index (χ1n) is 4.98. The molecule has 1 aliphatic carbocycles. The van der Waals surface area contributed by atoms with Gasteiger partial charge in [0.2, 0.25) is 0 Å². The fraction of sp³-hybridized carbons (Fsp3) is 0.909. The van der Waals surface area contributed by atoms with Crippen LogP contribution >= 0.6 is 0 Å². The topological polar surface area (TPSA) is 12.4 Å². The normalized spacial score (nSPS) is 23.7. The van der Waals surface area contributed by atoms with Gasteiger partial charge in [0.05, 0.1) is 5.54 Å². The lowest BCUT2D eigenvalue weighted by atomic mass is 9.90. The van der Waals surface area contributed by atoms with E-state index in [-0.39, 0.29) is 5.54 Å². The summed E-state index contributed by atoms with van der Waals surface area (Å²) in [5.41, 5.74) is 0.513. The first kappa shape index (κ1) is 9.76. The SMILES string of the molecule is CC1(C=NC(C)(C)C)CCCC1. The maximum absolute atomic E-state index is 4.59. The first-order chi connectivity index (χ1) is 5.41.